The smallest absolute Gasteiger partial charge is 0.434 e. The van der Waals surface area contributed by atoms with Crippen molar-refractivity contribution >= 4 is 17.6 Å². The first kappa shape index (κ1) is 32.1. The molecule has 0 radical (unpaired) electrons. The second kappa shape index (κ2) is 12.6. The van der Waals surface area contributed by atoms with Gasteiger partial charge in [-0.3, -0.25) is 0 Å². The maximum absolute atomic E-state index is 13.8. The predicted octanol–water partition coefficient (Wildman–Crippen LogP) is 8.10. The molecule has 0 saturated carbocycles. The predicted molar refractivity (Wildman–Crippen MR) is 150 cm³/mol. The second-order valence-electron chi connectivity index (χ2n) is 9.37. The second-order valence-corrected chi connectivity index (χ2v) is 9.78. The van der Waals surface area contributed by atoms with E-state index in [0.717, 1.165) is 0 Å². The van der Waals surface area contributed by atoms with E-state index >= 15 is 0 Å². The number of methoxy groups -OCH3 is 1. The number of para-hydroxylation sites is 1. The van der Waals surface area contributed by atoms with Gasteiger partial charge < -0.3 is 19.3 Å². The lowest BCUT2D eigenvalue weighted by atomic mass is 10.1. The number of hydrogen-bond donors (Lipinski definition) is 1. The van der Waals surface area contributed by atoms with Gasteiger partial charge in [0.05, 0.1) is 24.6 Å². The Labute approximate surface area is 260 Å². The van der Waals surface area contributed by atoms with E-state index in [1.807, 2.05) is 0 Å². The number of carbonyl (C=O) groups is 1. The number of halogens is 7. The zero-order chi connectivity index (χ0) is 33.2. The Morgan fingerprint density at radius 2 is 1.70 bits per heavy atom. The number of aromatic carboxylic acids is 1. The van der Waals surface area contributed by atoms with Crippen molar-refractivity contribution in [1.82, 2.24) is 19.7 Å². The third-order valence-corrected chi connectivity index (χ3v) is 6.64. The molecule has 5 aromatic rings. The number of rotatable bonds is 9. The summed E-state index contributed by atoms with van der Waals surface area (Å²) in [7, 11) is 1.38. The Balaban J connectivity index is 1.38. The van der Waals surface area contributed by atoms with Gasteiger partial charge in [0, 0.05) is 23.4 Å². The minimum absolute atomic E-state index is 0.0568. The molecular formula is C30H19ClF6N4O5. The number of aromatic nitrogens is 4. The maximum Gasteiger partial charge on any atom is 0.434 e. The average molecular weight is 665 g/mol. The zero-order valence-corrected chi connectivity index (χ0v) is 24.0. The van der Waals surface area contributed by atoms with Gasteiger partial charge in [0.2, 0.25) is 5.88 Å². The van der Waals surface area contributed by atoms with Gasteiger partial charge in [-0.25, -0.2) is 19.4 Å². The number of carboxylic acid groups (broad SMARTS) is 1. The topological polar surface area (TPSA) is 109 Å². The van der Waals surface area contributed by atoms with Crippen LogP contribution in [-0.4, -0.2) is 37.9 Å². The van der Waals surface area contributed by atoms with Crippen LogP contribution in [0, 0.1) is 0 Å². The van der Waals surface area contributed by atoms with Crippen molar-refractivity contribution in [2.75, 3.05) is 7.11 Å². The van der Waals surface area contributed by atoms with Crippen molar-refractivity contribution in [3.05, 3.63) is 107 Å². The number of ether oxygens (including phenoxy) is 3. The first-order chi connectivity index (χ1) is 21.8. The molecule has 0 aliphatic carbocycles. The van der Waals surface area contributed by atoms with Gasteiger partial charge in [-0.2, -0.15) is 31.4 Å². The Morgan fingerprint density at radius 1 is 0.935 bits per heavy atom. The Kier molecular flexibility index (Phi) is 8.79. The number of pyridine rings is 2. The molecule has 0 aliphatic rings. The molecule has 2 aromatic carbocycles. The molecule has 3 aromatic heterocycles. The average Bonchev–Trinajstić information content (AvgIpc) is 3.48. The van der Waals surface area contributed by atoms with Crippen molar-refractivity contribution in [3.8, 4) is 40.2 Å². The fourth-order valence-corrected chi connectivity index (χ4v) is 4.48. The highest BCUT2D eigenvalue weighted by Gasteiger charge is 2.41. The quantitative estimate of drug-likeness (QED) is 0.158. The van der Waals surface area contributed by atoms with Crippen LogP contribution in [0.1, 0.15) is 27.2 Å². The van der Waals surface area contributed by atoms with E-state index in [-0.39, 0.29) is 34.8 Å². The number of hydrogen-bond acceptors (Lipinski definition) is 7. The van der Waals surface area contributed by atoms with Crippen molar-refractivity contribution < 1.29 is 50.5 Å². The molecule has 0 amide bonds. The summed E-state index contributed by atoms with van der Waals surface area (Å²) in [4.78, 5) is 19.3. The molecule has 0 aliphatic heterocycles. The normalized spacial score (nSPS) is 11.7. The van der Waals surface area contributed by atoms with Crippen LogP contribution in [0.3, 0.4) is 0 Å². The summed E-state index contributed by atoms with van der Waals surface area (Å²) in [5.74, 6) is -1.54. The summed E-state index contributed by atoms with van der Waals surface area (Å²) in [6, 6.07) is 16.1. The van der Waals surface area contributed by atoms with Gasteiger partial charge in [-0.15, -0.1) is 0 Å². The van der Waals surface area contributed by atoms with Gasteiger partial charge in [0.15, 0.2) is 11.5 Å². The van der Waals surface area contributed by atoms with Crippen LogP contribution in [-0.2, 0) is 19.0 Å². The molecule has 238 valence electrons. The highest BCUT2D eigenvalue weighted by molar-refractivity contribution is 6.31. The number of carboxylic acids is 1. The lowest BCUT2D eigenvalue weighted by molar-refractivity contribution is -0.143. The first-order valence-electron chi connectivity index (χ1n) is 12.9. The molecule has 0 unspecified atom stereocenters. The van der Waals surface area contributed by atoms with Gasteiger partial charge >= 0.3 is 18.3 Å². The highest BCUT2D eigenvalue weighted by atomic mass is 35.5. The summed E-state index contributed by atoms with van der Waals surface area (Å²) in [6.07, 6.45) is -8.45. The van der Waals surface area contributed by atoms with Crippen LogP contribution in [0.2, 0.25) is 5.02 Å². The van der Waals surface area contributed by atoms with Crippen molar-refractivity contribution in [2.24, 2.45) is 0 Å². The Bertz CT molecular complexity index is 1910. The highest BCUT2D eigenvalue weighted by Crippen LogP contribution is 2.37. The van der Waals surface area contributed by atoms with Gasteiger partial charge in [0.25, 0.3) is 0 Å². The third kappa shape index (κ3) is 6.83. The van der Waals surface area contributed by atoms with Gasteiger partial charge in [-0.1, -0.05) is 29.8 Å². The zero-order valence-electron chi connectivity index (χ0n) is 23.2. The summed E-state index contributed by atoms with van der Waals surface area (Å²) >= 11 is 5.94. The SMILES string of the molecule is COc1cc(Oc2ncc(C(F)(F)F)cc2Cl)ccc1COc1ccccc1-c1cccc(-n2ncc(C(=O)O)c2C(F)(F)F)n1. The largest absolute Gasteiger partial charge is 0.496 e. The van der Waals surface area contributed by atoms with E-state index in [1.165, 1.54) is 37.4 Å². The maximum atomic E-state index is 13.8. The van der Waals surface area contributed by atoms with Gasteiger partial charge in [-0.05, 0) is 42.5 Å². The minimum atomic E-state index is -5.02. The summed E-state index contributed by atoms with van der Waals surface area (Å²) in [5.41, 5.74) is -2.38. The molecule has 46 heavy (non-hydrogen) atoms. The van der Waals surface area contributed by atoms with Crippen LogP contribution in [0.4, 0.5) is 26.3 Å². The molecule has 0 spiro atoms. The Morgan fingerprint density at radius 3 is 2.37 bits per heavy atom. The minimum Gasteiger partial charge on any atom is -0.496 e. The molecule has 5 rings (SSSR count). The standard InChI is InChI=1S/C30H19ClF6N4O5/c1-44-24-12-18(46-27-21(31)11-17(13-38-27)29(32,33)34)10-9-16(24)15-45-23-7-3-2-5-19(23)22-6-4-8-25(40-22)41-26(30(35,36)37)20(14-39-41)28(42)43/h2-14H,15H2,1H3,(H,42,43). The fraction of sp³-hybridized carbons (Fsp3) is 0.133. The van der Waals surface area contributed by atoms with Crippen LogP contribution in [0.25, 0.3) is 17.1 Å². The first-order valence-corrected chi connectivity index (χ1v) is 13.3. The lowest BCUT2D eigenvalue weighted by Gasteiger charge is -2.15. The monoisotopic (exact) mass is 664 g/mol. The van der Waals surface area contributed by atoms with Crippen molar-refractivity contribution in [3.63, 3.8) is 0 Å². The fourth-order valence-electron chi connectivity index (χ4n) is 4.28. The van der Waals surface area contributed by atoms with Gasteiger partial charge in [0.1, 0.15) is 34.4 Å². The van der Waals surface area contributed by atoms with Crippen LogP contribution in [0.5, 0.6) is 23.1 Å². The summed E-state index contributed by atoms with van der Waals surface area (Å²) < 4.78 is 97.5. The molecule has 0 saturated heterocycles. The van der Waals surface area contributed by atoms with E-state index in [4.69, 9.17) is 25.8 Å². The van der Waals surface area contributed by atoms with E-state index in [1.54, 1.807) is 30.3 Å². The van der Waals surface area contributed by atoms with Crippen LogP contribution in [0.15, 0.2) is 79.1 Å². The van der Waals surface area contributed by atoms with E-state index < -0.39 is 35.1 Å². The van der Waals surface area contributed by atoms with E-state index in [9.17, 15) is 36.2 Å². The molecule has 16 heteroatoms. The molecule has 3 heterocycles. The molecule has 0 atom stereocenters. The van der Waals surface area contributed by atoms with E-state index in [2.05, 4.69) is 15.1 Å². The molecular weight excluding hydrogens is 646 g/mol. The Hall–Kier alpha value is -5.31. The molecule has 1 N–H and O–H groups in total. The third-order valence-electron chi connectivity index (χ3n) is 6.37. The van der Waals surface area contributed by atoms with Crippen molar-refractivity contribution in [2.45, 2.75) is 19.0 Å². The number of nitrogens with zero attached hydrogens (tertiary/aromatic N) is 4. The number of benzene rings is 2. The summed E-state index contributed by atoms with van der Waals surface area (Å²) in [6.45, 7) is -0.0568. The lowest BCUT2D eigenvalue weighted by Crippen LogP contribution is -2.18. The van der Waals surface area contributed by atoms with E-state index in [0.29, 0.717) is 45.8 Å². The molecule has 9 nitrogen and oxygen atoms in total. The van der Waals surface area contributed by atoms with Crippen molar-refractivity contribution in [1.29, 1.82) is 0 Å². The van der Waals surface area contributed by atoms with Crippen LogP contribution >= 0.6 is 11.6 Å². The summed E-state index contributed by atoms with van der Waals surface area (Å²) in [5, 5.41) is 12.5. The number of alkyl halides is 6. The molecule has 0 fully saturated rings. The molecule has 0 bridgehead atoms. The van der Waals surface area contributed by atoms with Crippen LogP contribution < -0.4 is 14.2 Å².